The summed E-state index contributed by atoms with van der Waals surface area (Å²) in [5.41, 5.74) is 3.43. The maximum absolute atomic E-state index is 10.2. The lowest BCUT2D eigenvalue weighted by Crippen LogP contribution is -2.56. The van der Waals surface area contributed by atoms with Gasteiger partial charge in [0.2, 0.25) is 0 Å². The van der Waals surface area contributed by atoms with Gasteiger partial charge in [-0.15, -0.1) is 5.10 Å². The Morgan fingerprint density at radius 3 is 2.62 bits per heavy atom. The van der Waals surface area contributed by atoms with Crippen LogP contribution in [0.2, 0.25) is 0 Å². The molecule has 1 saturated heterocycles. The molecule has 4 N–H and O–H groups in total. The van der Waals surface area contributed by atoms with E-state index in [1.807, 2.05) is 0 Å². The highest BCUT2D eigenvalue weighted by molar-refractivity contribution is 5.28. The first-order valence-electron chi connectivity index (χ1n) is 9.04. The molecular weight excluding hydrogens is 338 g/mol. The van der Waals surface area contributed by atoms with Crippen molar-refractivity contribution < 1.29 is 25.2 Å². The molecule has 0 aromatic carbocycles. The van der Waals surface area contributed by atoms with Crippen LogP contribution in [0.3, 0.4) is 0 Å². The second-order valence-corrected chi connectivity index (χ2v) is 7.11. The molecule has 8 heteroatoms. The van der Waals surface area contributed by atoms with Crippen molar-refractivity contribution in [1.82, 2.24) is 15.0 Å². The predicted octanol–water partition coefficient (Wildman–Crippen LogP) is 0.0956. The molecule has 0 spiro atoms. The molecule has 1 aliphatic carbocycles. The van der Waals surface area contributed by atoms with Gasteiger partial charge in [0.15, 0.2) is 6.23 Å². The van der Waals surface area contributed by atoms with Crippen LogP contribution in [-0.4, -0.2) is 66.4 Å². The minimum atomic E-state index is -1.43. The molecule has 0 radical (unpaired) electrons. The second kappa shape index (κ2) is 7.98. The van der Waals surface area contributed by atoms with E-state index in [4.69, 9.17) is 4.74 Å². The van der Waals surface area contributed by atoms with Crippen LogP contribution in [0.4, 0.5) is 0 Å². The molecule has 0 bridgehead atoms. The van der Waals surface area contributed by atoms with Gasteiger partial charge in [-0.1, -0.05) is 42.4 Å². The highest BCUT2D eigenvalue weighted by Crippen LogP contribution is 2.30. The van der Waals surface area contributed by atoms with E-state index in [9.17, 15) is 20.4 Å². The second-order valence-electron chi connectivity index (χ2n) is 7.11. The van der Waals surface area contributed by atoms with Crippen LogP contribution in [0.25, 0.3) is 0 Å². The highest BCUT2D eigenvalue weighted by atomic mass is 16.6. The van der Waals surface area contributed by atoms with Gasteiger partial charge in [0, 0.05) is 6.42 Å². The van der Waals surface area contributed by atoms with Crippen molar-refractivity contribution in [2.75, 3.05) is 6.61 Å². The Labute approximate surface area is 152 Å². The third kappa shape index (κ3) is 3.74. The molecule has 3 rings (SSSR count). The summed E-state index contributed by atoms with van der Waals surface area (Å²) in [6.07, 6.45) is 2.54. The zero-order valence-electron chi connectivity index (χ0n) is 15.1. The van der Waals surface area contributed by atoms with Gasteiger partial charge in [-0.05, 0) is 18.8 Å². The molecule has 1 aliphatic heterocycles. The molecule has 26 heavy (non-hydrogen) atoms. The minimum absolute atomic E-state index is 0.437. The van der Waals surface area contributed by atoms with E-state index >= 15 is 0 Å². The number of nitrogens with zero attached hydrogens (tertiary/aromatic N) is 3. The Kier molecular flexibility index (Phi) is 5.89. The van der Waals surface area contributed by atoms with Crippen LogP contribution in [0, 0.1) is 5.92 Å². The molecule has 1 aromatic heterocycles. The third-order valence-corrected chi connectivity index (χ3v) is 5.26. The van der Waals surface area contributed by atoms with Crippen molar-refractivity contribution >= 4 is 0 Å². The fourth-order valence-electron chi connectivity index (χ4n) is 3.51. The van der Waals surface area contributed by atoms with Crippen molar-refractivity contribution in [2.24, 2.45) is 5.92 Å². The van der Waals surface area contributed by atoms with E-state index in [0.717, 1.165) is 18.5 Å². The first kappa shape index (κ1) is 19.2. The van der Waals surface area contributed by atoms with Crippen molar-refractivity contribution in [1.29, 1.82) is 0 Å². The summed E-state index contributed by atoms with van der Waals surface area (Å²) in [7, 11) is 0. The fourth-order valence-corrected chi connectivity index (χ4v) is 3.51. The number of aliphatic hydroxyl groups is 4. The van der Waals surface area contributed by atoms with E-state index in [2.05, 4.69) is 36.3 Å². The summed E-state index contributed by atoms with van der Waals surface area (Å²) in [6, 6.07) is 0. The molecule has 2 heterocycles. The van der Waals surface area contributed by atoms with Gasteiger partial charge in [0.05, 0.1) is 18.5 Å². The molecule has 0 saturated carbocycles. The standard InChI is InChI=1S/C18H27N3O5/c1-3-11-4-5-12(10(2)6-11)7-13-8-21(20-19-13)18-17(25)16(24)15(23)14(9-22)26-18/h4-5,8,10,14-18,22-25H,3,6-7,9H2,1-2H3/t10?,14?,15-,16?,17-,18?/m1/s1. The lowest BCUT2D eigenvalue weighted by atomic mass is 9.85. The fraction of sp³-hybridized carbons (Fsp3) is 0.667. The van der Waals surface area contributed by atoms with Gasteiger partial charge in [-0.25, -0.2) is 4.68 Å². The number of ether oxygens (including phenoxy) is 1. The monoisotopic (exact) mass is 365 g/mol. The maximum atomic E-state index is 10.2. The molecule has 8 nitrogen and oxygen atoms in total. The Morgan fingerprint density at radius 2 is 1.96 bits per heavy atom. The summed E-state index contributed by atoms with van der Waals surface area (Å²) in [5.74, 6) is 0.437. The maximum Gasteiger partial charge on any atom is 0.180 e. The summed E-state index contributed by atoms with van der Waals surface area (Å²) in [4.78, 5) is 0. The molecule has 4 unspecified atom stereocenters. The molecule has 1 aromatic rings. The van der Waals surface area contributed by atoms with Crippen molar-refractivity contribution in [3.63, 3.8) is 0 Å². The molecule has 144 valence electrons. The van der Waals surface area contributed by atoms with E-state index in [0.29, 0.717) is 12.3 Å². The van der Waals surface area contributed by atoms with Crippen LogP contribution in [0.5, 0.6) is 0 Å². The first-order chi connectivity index (χ1) is 12.4. The van der Waals surface area contributed by atoms with E-state index in [1.54, 1.807) is 6.20 Å². The number of hydrogen-bond acceptors (Lipinski definition) is 7. The van der Waals surface area contributed by atoms with Crippen LogP contribution in [0.15, 0.2) is 29.5 Å². The van der Waals surface area contributed by atoms with E-state index in [-0.39, 0.29) is 0 Å². The Morgan fingerprint density at radius 1 is 1.19 bits per heavy atom. The average Bonchev–Trinajstić information content (AvgIpc) is 3.10. The summed E-state index contributed by atoms with van der Waals surface area (Å²) in [5, 5.41) is 47.4. The van der Waals surface area contributed by atoms with Crippen LogP contribution in [-0.2, 0) is 11.2 Å². The first-order valence-corrected chi connectivity index (χ1v) is 9.04. The number of rotatable bonds is 5. The van der Waals surface area contributed by atoms with Gasteiger partial charge in [-0.2, -0.15) is 0 Å². The van der Waals surface area contributed by atoms with Crippen molar-refractivity contribution in [3.8, 4) is 0 Å². The normalized spacial score (nSPS) is 35.2. The van der Waals surface area contributed by atoms with Gasteiger partial charge in [0.25, 0.3) is 0 Å². The number of aliphatic hydroxyl groups excluding tert-OH is 4. The SMILES string of the molecule is CCC1=CC=C(Cc2cn(C3OC(CO)[C@@H](O)C(O)[C@H]3O)nn2)C(C)C1. The number of hydrogen-bond donors (Lipinski definition) is 4. The summed E-state index contributed by atoms with van der Waals surface area (Å²) < 4.78 is 6.83. The Balaban J connectivity index is 1.73. The van der Waals surface area contributed by atoms with Crippen LogP contribution >= 0.6 is 0 Å². The predicted molar refractivity (Wildman–Crippen MR) is 93.0 cm³/mol. The Bertz CT molecular complexity index is 684. The van der Waals surface area contributed by atoms with E-state index in [1.165, 1.54) is 15.8 Å². The lowest BCUT2D eigenvalue weighted by Gasteiger charge is -2.39. The van der Waals surface area contributed by atoms with Crippen LogP contribution < -0.4 is 0 Å². The zero-order valence-corrected chi connectivity index (χ0v) is 15.1. The lowest BCUT2D eigenvalue weighted by molar-refractivity contribution is -0.254. The molecule has 6 atom stereocenters. The zero-order chi connectivity index (χ0) is 18.8. The largest absolute Gasteiger partial charge is 0.394 e. The van der Waals surface area contributed by atoms with Crippen molar-refractivity contribution in [2.45, 2.75) is 63.8 Å². The number of allylic oxidation sites excluding steroid dienone is 4. The summed E-state index contributed by atoms with van der Waals surface area (Å²) >= 11 is 0. The molecule has 1 fully saturated rings. The topological polar surface area (TPSA) is 121 Å². The average molecular weight is 365 g/mol. The minimum Gasteiger partial charge on any atom is -0.394 e. The van der Waals surface area contributed by atoms with Crippen molar-refractivity contribution in [3.05, 3.63) is 35.2 Å². The number of aromatic nitrogens is 3. The quantitative estimate of drug-likeness (QED) is 0.584. The molecule has 0 amide bonds. The van der Waals surface area contributed by atoms with Gasteiger partial charge >= 0.3 is 0 Å². The van der Waals surface area contributed by atoms with Gasteiger partial charge in [0.1, 0.15) is 24.4 Å². The smallest absolute Gasteiger partial charge is 0.180 e. The van der Waals surface area contributed by atoms with E-state index < -0.39 is 37.3 Å². The Hall–Kier alpha value is -1.58. The van der Waals surface area contributed by atoms with Gasteiger partial charge in [-0.3, -0.25) is 0 Å². The highest BCUT2D eigenvalue weighted by Gasteiger charge is 2.44. The molecule has 2 aliphatic rings. The third-order valence-electron chi connectivity index (χ3n) is 5.26. The van der Waals surface area contributed by atoms with Crippen LogP contribution in [0.1, 0.15) is 38.6 Å². The summed E-state index contributed by atoms with van der Waals surface area (Å²) in [6.45, 7) is 3.87. The molecular formula is C18H27N3O5. The van der Waals surface area contributed by atoms with Gasteiger partial charge < -0.3 is 25.2 Å².